The second-order valence-electron chi connectivity index (χ2n) is 2.77. The average Bonchev–Trinajstić information content (AvgIpc) is 2.17. The molecule has 1 aromatic rings. The molecule has 0 aliphatic heterocycles. The Morgan fingerprint density at radius 1 is 1.57 bits per heavy atom. The summed E-state index contributed by atoms with van der Waals surface area (Å²) >= 11 is 5.67. The minimum atomic E-state index is -0.191. The van der Waals surface area contributed by atoms with E-state index in [2.05, 4.69) is 4.98 Å². The second-order valence-corrected chi connectivity index (χ2v) is 3.21. The van der Waals surface area contributed by atoms with Gasteiger partial charge in [-0.3, -0.25) is 9.78 Å². The van der Waals surface area contributed by atoms with Crippen LogP contribution in [0.15, 0.2) is 18.3 Å². The van der Waals surface area contributed by atoms with Gasteiger partial charge in [-0.15, -0.1) is 0 Å². The van der Waals surface area contributed by atoms with Crippen LogP contribution >= 0.6 is 11.6 Å². The third-order valence-corrected chi connectivity index (χ3v) is 1.90. The zero-order valence-electron chi connectivity index (χ0n) is 8.00. The largest absolute Gasteiger partial charge is 0.466 e. The molecule has 3 nitrogen and oxygen atoms in total. The van der Waals surface area contributed by atoms with Gasteiger partial charge in [-0.1, -0.05) is 11.6 Å². The number of rotatable bonds is 4. The molecule has 76 valence electrons. The topological polar surface area (TPSA) is 39.2 Å². The molecule has 14 heavy (non-hydrogen) atoms. The second kappa shape index (κ2) is 5.60. The van der Waals surface area contributed by atoms with Gasteiger partial charge in [-0.25, -0.2) is 0 Å². The van der Waals surface area contributed by atoms with E-state index in [4.69, 9.17) is 16.3 Å². The number of aryl methyl sites for hydroxylation is 1. The van der Waals surface area contributed by atoms with Crippen molar-refractivity contribution in [3.63, 3.8) is 0 Å². The number of ether oxygens (including phenoxy) is 1. The van der Waals surface area contributed by atoms with Crippen molar-refractivity contribution >= 4 is 17.6 Å². The standard InChI is InChI=1S/C10H12ClNO2/c1-2-14-10(13)6-5-9-4-3-8(11)7-12-9/h3-4,7H,2,5-6H2,1H3. The van der Waals surface area contributed by atoms with Gasteiger partial charge in [-0.05, 0) is 19.1 Å². The Kier molecular flexibility index (Phi) is 4.40. The molecule has 0 atom stereocenters. The molecule has 0 aliphatic carbocycles. The molecule has 0 aromatic carbocycles. The van der Waals surface area contributed by atoms with Crippen molar-refractivity contribution in [1.82, 2.24) is 4.98 Å². The lowest BCUT2D eigenvalue weighted by atomic mass is 10.2. The molecule has 1 heterocycles. The number of hydrogen-bond acceptors (Lipinski definition) is 3. The molecule has 0 saturated carbocycles. The predicted molar refractivity (Wildman–Crippen MR) is 54.2 cm³/mol. The molecule has 0 fully saturated rings. The lowest BCUT2D eigenvalue weighted by Crippen LogP contribution is -2.05. The number of esters is 1. The Morgan fingerprint density at radius 2 is 2.36 bits per heavy atom. The van der Waals surface area contributed by atoms with Crippen molar-refractivity contribution in [3.8, 4) is 0 Å². The van der Waals surface area contributed by atoms with E-state index >= 15 is 0 Å². The lowest BCUT2D eigenvalue weighted by Gasteiger charge is -2.01. The fourth-order valence-corrected chi connectivity index (χ4v) is 1.13. The minimum Gasteiger partial charge on any atom is -0.466 e. The number of hydrogen-bond donors (Lipinski definition) is 0. The van der Waals surface area contributed by atoms with Gasteiger partial charge in [0.25, 0.3) is 0 Å². The fourth-order valence-electron chi connectivity index (χ4n) is 1.02. The van der Waals surface area contributed by atoms with Crippen molar-refractivity contribution in [1.29, 1.82) is 0 Å². The number of carbonyl (C=O) groups is 1. The number of pyridine rings is 1. The van der Waals surface area contributed by atoms with Gasteiger partial charge in [-0.2, -0.15) is 0 Å². The van der Waals surface area contributed by atoms with Crippen molar-refractivity contribution in [2.24, 2.45) is 0 Å². The molecular formula is C10H12ClNO2. The Labute approximate surface area is 88.1 Å². The number of carbonyl (C=O) groups excluding carboxylic acids is 1. The van der Waals surface area contributed by atoms with Crippen molar-refractivity contribution in [2.45, 2.75) is 19.8 Å². The maximum atomic E-state index is 11.0. The summed E-state index contributed by atoms with van der Waals surface area (Å²) < 4.78 is 4.79. The molecule has 1 aromatic heterocycles. The van der Waals surface area contributed by atoms with Crippen LogP contribution in [-0.2, 0) is 16.0 Å². The van der Waals surface area contributed by atoms with Gasteiger partial charge >= 0.3 is 5.97 Å². The Bertz CT molecular complexity index is 297. The van der Waals surface area contributed by atoms with Crippen LogP contribution in [0.3, 0.4) is 0 Å². The van der Waals surface area contributed by atoms with E-state index in [1.165, 1.54) is 0 Å². The maximum absolute atomic E-state index is 11.0. The van der Waals surface area contributed by atoms with E-state index in [9.17, 15) is 4.79 Å². The highest BCUT2D eigenvalue weighted by Crippen LogP contribution is 2.07. The Hall–Kier alpha value is -1.09. The fraction of sp³-hybridized carbons (Fsp3) is 0.400. The molecule has 0 bridgehead atoms. The van der Waals surface area contributed by atoms with Crippen LogP contribution in [0, 0.1) is 0 Å². The zero-order valence-corrected chi connectivity index (χ0v) is 8.75. The number of nitrogens with zero attached hydrogens (tertiary/aromatic N) is 1. The van der Waals surface area contributed by atoms with Gasteiger partial charge < -0.3 is 4.74 Å². The summed E-state index contributed by atoms with van der Waals surface area (Å²) in [5.74, 6) is -0.191. The van der Waals surface area contributed by atoms with Crippen LogP contribution in [0.4, 0.5) is 0 Å². The average molecular weight is 214 g/mol. The molecule has 1 rings (SSSR count). The van der Waals surface area contributed by atoms with E-state index in [0.29, 0.717) is 24.5 Å². The molecule has 0 N–H and O–H groups in total. The van der Waals surface area contributed by atoms with E-state index in [-0.39, 0.29) is 5.97 Å². The van der Waals surface area contributed by atoms with Crippen LogP contribution in [0.1, 0.15) is 19.0 Å². The summed E-state index contributed by atoms with van der Waals surface area (Å²) in [7, 11) is 0. The van der Waals surface area contributed by atoms with Crippen molar-refractivity contribution < 1.29 is 9.53 Å². The molecule has 0 amide bonds. The number of halogens is 1. The van der Waals surface area contributed by atoms with Gasteiger partial charge in [0.05, 0.1) is 18.1 Å². The smallest absolute Gasteiger partial charge is 0.306 e. The summed E-state index contributed by atoms with van der Waals surface area (Å²) in [6.07, 6.45) is 2.53. The molecule has 0 radical (unpaired) electrons. The summed E-state index contributed by atoms with van der Waals surface area (Å²) in [4.78, 5) is 15.1. The molecule has 0 spiro atoms. The Morgan fingerprint density at radius 3 is 2.93 bits per heavy atom. The highest BCUT2D eigenvalue weighted by Gasteiger charge is 2.02. The first-order valence-corrected chi connectivity index (χ1v) is 4.86. The van der Waals surface area contributed by atoms with E-state index in [0.717, 1.165) is 5.69 Å². The van der Waals surface area contributed by atoms with Crippen molar-refractivity contribution in [2.75, 3.05) is 6.61 Å². The third kappa shape index (κ3) is 3.75. The van der Waals surface area contributed by atoms with Crippen LogP contribution in [-0.4, -0.2) is 17.6 Å². The molecule has 4 heteroatoms. The van der Waals surface area contributed by atoms with Gasteiger partial charge in [0.1, 0.15) is 0 Å². The number of aromatic nitrogens is 1. The first-order valence-electron chi connectivity index (χ1n) is 4.48. The first kappa shape index (κ1) is 11.0. The highest BCUT2D eigenvalue weighted by atomic mass is 35.5. The van der Waals surface area contributed by atoms with Crippen LogP contribution in [0.2, 0.25) is 5.02 Å². The zero-order chi connectivity index (χ0) is 10.4. The van der Waals surface area contributed by atoms with Crippen LogP contribution < -0.4 is 0 Å². The molecule has 0 aliphatic rings. The monoisotopic (exact) mass is 213 g/mol. The maximum Gasteiger partial charge on any atom is 0.306 e. The normalized spacial score (nSPS) is 9.86. The first-order chi connectivity index (χ1) is 6.72. The lowest BCUT2D eigenvalue weighted by molar-refractivity contribution is -0.143. The third-order valence-electron chi connectivity index (χ3n) is 1.68. The Balaban J connectivity index is 2.38. The molecule has 0 unspecified atom stereocenters. The van der Waals surface area contributed by atoms with Crippen molar-refractivity contribution in [3.05, 3.63) is 29.0 Å². The summed E-state index contributed by atoms with van der Waals surface area (Å²) in [6, 6.07) is 3.57. The van der Waals surface area contributed by atoms with Crippen LogP contribution in [0.5, 0.6) is 0 Å². The van der Waals surface area contributed by atoms with Gasteiger partial charge in [0, 0.05) is 18.3 Å². The van der Waals surface area contributed by atoms with E-state index < -0.39 is 0 Å². The minimum absolute atomic E-state index is 0.191. The van der Waals surface area contributed by atoms with E-state index in [1.54, 1.807) is 19.2 Å². The SMILES string of the molecule is CCOC(=O)CCc1ccc(Cl)cn1. The quantitative estimate of drug-likeness (QED) is 0.720. The summed E-state index contributed by atoms with van der Waals surface area (Å²) in [5.41, 5.74) is 0.849. The summed E-state index contributed by atoms with van der Waals surface area (Å²) in [5, 5.41) is 0.602. The van der Waals surface area contributed by atoms with E-state index in [1.807, 2.05) is 6.07 Å². The summed E-state index contributed by atoms with van der Waals surface area (Å²) in [6.45, 7) is 2.21. The predicted octanol–water partition coefficient (Wildman–Crippen LogP) is 2.23. The highest BCUT2D eigenvalue weighted by molar-refractivity contribution is 6.30. The van der Waals surface area contributed by atoms with Crippen LogP contribution in [0.25, 0.3) is 0 Å². The van der Waals surface area contributed by atoms with Gasteiger partial charge in [0.15, 0.2) is 0 Å². The van der Waals surface area contributed by atoms with Gasteiger partial charge in [0.2, 0.25) is 0 Å². The molecule has 0 saturated heterocycles. The molecular weight excluding hydrogens is 202 g/mol.